The first-order chi connectivity index (χ1) is 12.2. The van der Waals surface area contributed by atoms with E-state index in [4.69, 9.17) is 0 Å². The molecule has 0 aliphatic heterocycles. The quantitative estimate of drug-likeness (QED) is 0.608. The Labute approximate surface area is 156 Å². The number of aromatic hydroxyl groups is 2. The highest BCUT2D eigenvalue weighted by Gasteiger charge is 2.22. The highest BCUT2D eigenvalue weighted by Crippen LogP contribution is 2.37. The minimum Gasteiger partial charge on any atom is -0.508 e. The zero-order chi connectivity index (χ0) is 19.1. The molecule has 2 N–H and O–H groups in total. The third-order valence-corrected chi connectivity index (χ3v) is 5.18. The predicted molar refractivity (Wildman–Crippen MR) is 109 cm³/mol. The molecular weight excluding hydrogens is 320 g/mol. The largest absolute Gasteiger partial charge is 0.508 e. The Hall–Kier alpha value is -2.48. The molecular formula is C24H28O2. The van der Waals surface area contributed by atoms with E-state index < -0.39 is 0 Å². The molecule has 0 spiro atoms. The molecule has 0 radical (unpaired) electrons. The molecule has 0 amide bonds. The van der Waals surface area contributed by atoms with E-state index in [0.29, 0.717) is 11.5 Å². The van der Waals surface area contributed by atoms with Crippen LogP contribution in [-0.4, -0.2) is 10.2 Å². The first-order valence-corrected chi connectivity index (χ1v) is 9.27. The first kappa shape index (κ1) is 18.3. The summed E-state index contributed by atoms with van der Waals surface area (Å²) in [5, 5.41) is 22.6. The first-order valence-electron chi connectivity index (χ1n) is 9.27. The Morgan fingerprint density at radius 1 is 0.885 bits per heavy atom. The van der Waals surface area contributed by atoms with Gasteiger partial charge in [-0.1, -0.05) is 58.0 Å². The van der Waals surface area contributed by atoms with E-state index in [2.05, 4.69) is 39.8 Å². The third-order valence-electron chi connectivity index (χ3n) is 5.18. The number of fused-ring (bicyclic) bond motifs is 1. The average Bonchev–Trinajstić information content (AvgIpc) is 2.59. The minimum absolute atomic E-state index is 0.0558. The summed E-state index contributed by atoms with van der Waals surface area (Å²) >= 11 is 0. The van der Waals surface area contributed by atoms with Gasteiger partial charge in [0.05, 0.1) is 0 Å². The summed E-state index contributed by atoms with van der Waals surface area (Å²) in [6, 6.07) is 13.9. The van der Waals surface area contributed by atoms with Gasteiger partial charge in [0.2, 0.25) is 0 Å². The van der Waals surface area contributed by atoms with Crippen LogP contribution in [0.1, 0.15) is 55.5 Å². The number of phenolic OH excluding ortho intramolecular Hbond substituents is 2. The van der Waals surface area contributed by atoms with Crippen LogP contribution in [0.15, 0.2) is 42.5 Å². The van der Waals surface area contributed by atoms with E-state index in [-0.39, 0.29) is 5.41 Å². The molecule has 3 aromatic carbocycles. The summed E-state index contributed by atoms with van der Waals surface area (Å²) in [5.74, 6) is 0.698. The van der Waals surface area contributed by atoms with Crippen molar-refractivity contribution in [3.63, 3.8) is 0 Å². The molecule has 0 heterocycles. The third kappa shape index (κ3) is 3.29. The maximum absolute atomic E-state index is 10.4. The lowest BCUT2D eigenvalue weighted by Crippen LogP contribution is -2.16. The van der Waals surface area contributed by atoms with Gasteiger partial charge in [-0.2, -0.15) is 0 Å². The second kappa shape index (κ2) is 6.68. The topological polar surface area (TPSA) is 40.5 Å². The molecule has 0 fully saturated rings. The van der Waals surface area contributed by atoms with E-state index in [1.165, 1.54) is 22.3 Å². The molecule has 0 saturated carbocycles. The van der Waals surface area contributed by atoms with Crippen molar-refractivity contribution < 1.29 is 10.2 Å². The van der Waals surface area contributed by atoms with Crippen LogP contribution in [0, 0.1) is 6.92 Å². The summed E-state index contributed by atoms with van der Waals surface area (Å²) in [4.78, 5) is 0. The fourth-order valence-corrected chi connectivity index (χ4v) is 3.83. The van der Waals surface area contributed by atoms with Gasteiger partial charge in [0, 0.05) is 5.39 Å². The molecule has 0 atom stereocenters. The second-order valence-electron chi connectivity index (χ2n) is 8.16. The predicted octanol–water partition coefficient (Wildman–Crippen LogP) is 6.01. The van der Waals surface area contributed by atoms with Gasteiger partial charge >= 0.3 is 0 Å². The Morgan fingerprint density at radius 3 is 2.15 bits per heavy atom. The number of rotatable bonds is 3. The van der Waals surface area contributed by atoms with Gasteiger partial charge in [-0.25, -0.2) is 0 Å². The van der Waals surface area contributed by atoms with Crippen molar-refractivity contribution in [1.82, 2.24) is 0 Å². The summed E-state index contributed by atoms with van der Waals surface area (Å²) in [7, 11) is 0. The van der Waals surface area contributed by atoms with Gasteiger partial charge in [0.25, 0.3) is 0 Å². The number of hydrogen-bond acceptors (Lipinski definition) is 2. The van der Waals surface area contributed by atoms with Gasteiger partial charge < -0.3 is 10.2 Å². The van der Waals surface area contributed by atoms with Crippen LogP contribution >= 0.6 is 0 Å². The molecule has 0 aliphatic carbocycles. The molecule has 0 unspecified atom stereocenters. The van der Waals surface area contributed by atoms with Crippen LogP contribution in [0.5, 0.6) is 11.5 Å². The number of phenols is 2. The Bertz CT molecular complexity index is 962. The van der Waals surface area contributed by atoms with E-state index in [0.717, 1.165) is 29.2 Å². The normalized spacial score (nSPS) is 11.9. The Morgan fingerprint density at radius 2 is 1.54 bits per heavy atom. The van der Waals surface area contributed by atoms with Crippen LogP contribution < -0.4 is 0 Å². The number of benzene rings is 3. The highest BCUT2D eigenvalue weighted by atomic mass is 16.3. The number of hydrogen-bond donors (Lipinski definition) is 2. The lowest BCUT2D eigenvalue weighted by molar-refractivity contribution is 0.469. The molecule has 26 heavy (non-hydrogen) atoms. The summed E-state index contributed by atoms with van der Waals surface area (Å²) < 4.78 is 0. The average molecular weight is 348 g/mol. The molecule has 3 rings (SSSR count). The maximum atomic E-state index is 10.4. The van der Waals surface area contributed by atoms with E-state index in [1.54, 1.807) is 0 Å². The van der Waals surface area contributed by atoms with Crippen LogP contribution in [0.4, 0.5) is 0 Å². The molecule has 0 aliphatic rings. The minimum atomic E-state index is -0.0558. The van der Waals surface area contributed by atoms with Gasteiger partial charge in [0.1, 0.15) is 11.5 Å². The lowest BCUT2D eigenvalue weighted by Gasteiger charge is -2.26. The van der Waals surface area contributed by atoms with Crippen LogP contribution in [0.25, 0.3) is 10.8 Å². The van der Waals surface area contributed by atoms with Gasteiger partial charge in [0.15, 0.2) is 0 Å². The van der Waals surface area contributed by atoms with Crippen molar-refractivity contribution in [2.45, 2.75) is 52.9 Å². The van der Waals surface area contributed by atoms with Crippen LogP contribution in [-0.2, 0) is 18.3 Å². The standard InChI is InChI=1S/C24H28O2/c1-6-16-12-18(25)14-22(24(3,4)5)21(16)13-17-11-15(2)23(26)20-10-8-7-9-19(17)20/h7-12,14,25-26H,6,13H2,1-5H3. The molecule has 136 valence electrons. The summed E-state index contributed by atoms with van der Waals surface area (Å²) in [6.07, 6.45) is 1.67. The summed E-state index contributed by atoms with van der Waals surface area (Å²) in [5.41, 5.74) is 5.70. The van der Waals surface area contributed by atoms with E-state index >= 15 is 0 Å². The second-order valence-corrected chi connectivity index (χ2v) is 8.16. The molecule has 0 bridgehead atoms. The van der Waals surface area contributed by atoms with Crippen LogP contribution in [0.2, 0.25) is 0 Å². The smallest absolute Gasteiger partial charge is 0.126 e. The maximum Gasteiger partial charge on any atom is 0.126 e. The Kier molecular flexibility index (Phi) is 4.70. The fourth-order valence-electron chi connectivity index (χ4n) is 3.83. The van der Waals surface area contributed by atoms with Crippen molar-refractivity contribution in [1.29, 1.82) is 0 Å². The Balaban J connectivity index is 2.25. The van der Waals surface area contributed by atoms with Gasteiger partial charge in [-0.15, -0.1) is 0 Å². The fraction of sp³-hybridized carbons (Fsp3) is 0.333. The SMILES string of the molecule is CCc1cc(O)cc(C(C)(C)C)c1Cc1cc(C)c(O)c2ccccc12. The lowest BCUT2D eigenvalue weighted by atomic mass is 9.79. The van der Waals surface area contributed by atoms with E-state index in [1.807, 2.05) is 37.3 Å². The molecule has 2 heteroatoms. The van der Waals surface area contributed by atoms with E-state index in [9.17, 15) is 10.2 Å². The van der Waals surface area contributed by atoms with Crippen molar-refractivity contribution in [3.8, 4) is 11.5 Å². The van der Waals surface area contributed by atoms with Crippen molar-refractivity contribution >= 4 is 10.8 Å². The molecule has 0 aromatic heterocycles. The van der Waals surface area contributed by atoms with Crippen molar-refractivity contribution in [3.05, 3.63) is 70.3 Å². The monoisotopic (exact) mass is 348 g/mol. The van der Waals surface area contributed by atoms with Gasteiger partial charge in [-0.05, 0) is 70.5 Å². The molecule has 2 nitrogen and oxygen atoms in total. The summed E-state index contributed by atoms with van der Waals surface area (Å²) in [6.45, 7) is 10.6. The van der Waals surface area contributed by atoms with Crippen molar-refractivity contribution in [2.75, 3.05) is 0 Å². The highest BCUT2D eigenvalue weighted by molar-refractivity contribution is 5.92. The molecule has 0 saturated heterocycles. The van der Waals surface area contributed by atoms with Crippen LogP contribution in [0.3, 0.4) is 0 Å². The zero-order valence-electron chi connectivity index (χ0n) is 16.4. The molecule has 3 aromatic rings. The van der Waals surface area contributed by atoms with Crippen molar-refractivity contribution in [2.24, 2.45) is 0 Å². The van der Waals surface area contributed by atoms with Gasteiger partial charge in [-0.3, -0.25) is 0 Å². The zero-order valence-corrected chi connectivity index (χ0v) is 16.4. The number of aryl methyl sites for hydroxylation is 2.